The predicted octanol–water partition coefficient (Wildman–Crippen LogP) is 3.17. The molecule has 35 heavy (non-hydrogen) atoms. The highest BCUT2D eigenvalue weighted by Crippen LogP contribution is 2.56. The van der Waals surface area contributed by atoms with E-state index >= 15 is 0 Å². The molecule has 2 bridgehead atoms. The highest BCUT2D eigenvalue weighted by molar-refractivity contribution is 5.70. The molecule has 2 N–H and O–H groups in total. The van der Waals surface area contributed by atoms with Gasteiger partial charge in [-0.2, -0.15) is 0 Å². The third kappa shape index (κ3) is 5.17. The molecule has 0 aromatic heterocycles. The summed E-state index contributed by atoms with van der Waals surface area (Å²) in [6.45, 7) is 15.3. The van der Waals surface area contributed by atoms with Crippen molar-refractivity contribution in [1.29, 1.82) is 0 Å². The average Bonchev–Trinajstić information content (AvgIpc) is 3.16. The lowest BCUT2D eigenvalue weighted by Crippen LogP contribution is -2.58. The normalized spacial score (nSPS) is 43.7. The lowest BCUT2D eigenvalue weighted by molar-refractivity contribution is -0.192. The van der Waals surface area contributed by atoms with Crippen molar-refractivity contribution in [3.63, 3.8) is 0 Å². The second kappa shape index (κ2) is 10.5. The molecule has 1 saturated carbocycles. The monoisotopic (exact) mass is 496 g/mol. The van der Waals surface area contributed by atoms with Crippen LogP contribution in [0.1, 0.15) is 73.6 Å². The van der Waals surface area contributed by atoms with Crippen LogP contribution in [0.4, 0.5) is 0 Å². The van der Waals surface area contributed by atoms with Crippen molar-refractivity contribution >= 4 is 11.9 Å². The summed E-state index contributed by atoms with van der Waals surface area (Å²) in [4.78, 5) is 24.6. The van der Waals surface area contributed by atoms with E-state index in [0.717, 1.165) is 0 Å². The number of ether oxygens (including phenoxy) is 4. The number of carbonyl (C=O) groups is 2. The van der Waals surface area contributed by atoms with E-state index < -0.39 is 53.6 Å². The van der Waals surface area contributed by atoms with Crippen LogP contribution in [0.15, 0.2) is 12.2 Å². The maximum Gasteiger partial charge on any atom is 0.306 e. The van der Waals surface area contributed by atoms with Crippen LogP contribution >= 0.6 is 0 Å². The number of aliphatic hydroxyl groups excluding tert-OH is 1. The molecule has 0 spiro atoms. The van der Waals surface area contributed by atoms with Gasteiger partial charge < -0.3 is 29.2 Å². The highest BCUT2D eigenvalue weighted by Gasteiger charge is 2.64. The van der Waals surface area contributed by atoms with Crippen molar-refractivity contribution in [2.24, 2.45) is 23.7 Å². The van der Waals surface area contributed by atoms with Gasteiger partial charge in [0.05, 0.1) is 12.2 Å². The summed E-state index contributed by atoms with van der Waals surface area (Å²) in [6, 6.07) is 0. The fourth-order valence-corrected chi connectivity index (χ4v) is 6.69. The van der Waals surface area contributed by atoms with Crippen molar-refractivity contribution in [3.05, 3.63) is 12.2 Å². The molecule has 0 aromatic rings. The van der Waals surface area contributed by atoms with Crippen LogP contribution in [-0.2, 0) is 28.5 Å². The number of methoxy groups -OCH3 is 1. The zero-order valence-electron chi connectivity index (χ0n) is 22.3. The van der Waals surface area contributed by atoms with Gasteiger partial charge in [0.2, 0.25) is 0 Å². The summed E-state index contributed by atoms with van der Waals surface area (Å²) in [6.07, 6.45) is -1.55. The Kier molecular flexibility index (Phi) is 8.41. The molecule has 8 nitrogen and oxygen atoms in total. The molecule has 10 unspecified atom stereocenters. The molecule has 1 aliphatic carbocycles. The van der Waals surface area contributed by atoms with E-state index in [1.807, 2.05) is 13.8 Å². The molecule has 0 aromatic carbocycles. The average molecular weight is 497 g/mol. The first kappa shape index (κ1) is 28.1. The minimum Gasteiger partial charge on any atom is -0.458 e. The van der Waals surface area contributed by atoms with Gasteiger partial charge in [0.1, 0.15) is 29.5 Å². The number of esters is 2. The SMILES string of the molecule is C=C1C(OC(C)=O)CC(C(C)C)C2C1C1OC2C(C)(OC(=O)CCC)CCC(OC)C(C)(O)C1O. The molecular weight excluding hydrogens is 452 g/mol. The molecule has 0 amide bonds. The van der Waals surface area contributed by atoms with Gasteiger partial charge in [-0.3, -0.25) is 9.59 Å². The Hall–Kier alpha value is -1.48. The van der Waals surface area contributed by atoms with Crippen LogP contribution in [0.3, 0.4) is 0 Å². The van der Waals surface area contributed by atoms with Crippen molar-refractivity contribution in [1.82, 2.24) is 0 Å². The molecule has 8 heteroatoms. The van der Waals surface area contributed by atoms with E-state index in [1.54, 1.807) is 6.92 Å². The van der Waals surface area contributed by atoms with Crippen LogP contribution in [0, 0.1) is 23.7 Å². The third-order valence-corrected chi connectivity index (χ3v) is 8.56. The largest absolute Gasteiger partial charge is 0.458 e. The molecule has 2 heterocycles. The smallest absolute Gasteiger partial charge is 0.306 e. The Morgan fingerprint density at radius 3 is 2.49 bits per heavy atom. The second-order valence-electron chi connectivity index (χ2n) is 11.4. The molecule has 3 rings (SSSR count). The summed E-state index contributed by atoms with van der Waals surface area (Å²) in [5.41, 5.74) is -1.96. The lowest BCUT2D eigenvalue weighted by Gasteiger charge is -2.48. The van der Waals surface area contributed by atoms with Gasteiger partial charge in [0, 0.05) is 32.3 Å². The van der Waals surface area contributed by atoms with Crippen LogP contribution < -0.4 is 0 Å². The molecule has 10 atom stereocenters. The Bertz CT molecular complexity index is 807. The highest BCUT2D eigenvalue weighted by atomic mass is 16.6. The summed E-state index contributed by atoms with van der Waals surface area (Å²) in [5.74, 6) is -0.955. The first-order valence-electron chi connectivity index (χ1n) is 12.9. The van der Waals surface area contributed by atoms with Gasteiger partial charge in [0.25, 0.3) is 0 Å². The Balaban J connectivity index is 2.15. The lowest BCUT2D eigenvalue weighted by atomic mass is 9.59. The number of fused-ring (bicyclic) bond motifs is 5. The molecule has 200 valence electrons. The van der Waals surface area contributed by atoms with Crippen LogP contribution in [-0.4, -0.2) is 71.0 Å². The number of carbonyl (C=O) groups excluding carboxylic acids is 2. The molecule has 3 fully saturated rings. The van der Waals surface area contributed by atoms with E-state index in [-0.39, 0.29) is 23.7 Å². The first-order chi connectivity index (χ1) is 16.3. The van der Waals surface area contributed by atoms with E-state index in [4.69, 9.17) is 18.9 Å². The quantitative estimate of drug-likeness (QED) is 0.426. The minimum atomic E-state index is -1.63. The van der Waals surface area contributed by atoms with Crippen LogP contribution in [0.5, 0.6) is 0 Å². The topological polar surface area (TPSA) is 112 Å². The molecular formula is C27H44O8. The van der Waals surface area contributed by atoms with Gasteiger partial charge in [-0.05, 0) is 56.9 Å². The molecule has 3 aliphatic rings. The van der Waals surface area contributed by atoms with E-state index in [9.17, 15) is 19.8 Å². The van der Waals surface area contributed by atoms with Crippen LogP contribution in [0.2, 0.25) is 0 Å². The number of hydrogen-bond donors (Lipinski definition) is 2. The van der Waals surface area contributed by atoms with Gasteiger partial charge in [-0.1, -0.05) is 27.4 Å². The Morgan fingerprint density at radius 2 is 1.94 bits per heavy atom. The third-order valence-electron chi connectivity index (χ3n) is 8.56. The van der Waals surface area contributed by atoms with Gasteiger partial charge >= 0.3 is 11.9 Å². The first-order valence-corrected chi connectivity index (χ1v) is 12.9. The minimum absolute atomic E-state index is 0.0591. The van der Waals surface area contributed by atoms with Crippen LogP contribution in [0.25, 0.3) is 0 Å². The zero-order valence-corrected chi connectivity index (χ0v) is 22.3. The summed E-state index contributed by atoms with van der Waals surface area (Å²) in [5, 5.41) is 23.0. The van der Waals surface area contributed by atoms with Gasteiger partial charge in [-0.15, -0.1) is 0 Å². The fourth-order valence-electron chi connectivity index (χ4n) is 6.69. The number of hydrogen-bond acceptors (Lipinski definition) is 8. The second-order valence-corrected chi connectivity index (χ2v) is 11.4. The van der Waals surface area contributed by atoms with E-state index in [1.165, 1.54) is 14.0 Å². The van der Waals surface area contributed by atoms with Crippen molar-refractivity contribution < 1.29 is 38.7 Å². The Morgan fingerprint density at radius 1 is 1.29 bits per heavy atom. The zero-order chi connectivity index (χ0) is 26.3. The van der Waals surface area contributed by atoms with Crippen molar-refractivity contribution in [3.8, 4) is 0 Å². The molecule has 2 aliphatic heterocycles. The number of aliphatic hydroxyl groups is 2. The molecule has 0 radical (unpaired) electrons. The maximum absolute atomic E-state index is 12.7. The van der Waals surface area contributed by atoms with Gasteiger partial charge in [0.15, 0.2) is 0 Å². The summed E-state index contributed by atoms with van der Waals surface area (Å²) < 4.78 is 24.0. The summed E-state index contributed by atoms with van der Waals surface area (Å²) in [7, 11) is 1.50. The standard InChI is InChI=1S/C27H44O8/c1-9-10-20(29)35-26(6)12-11-19(32-8)27(7,31)24(30)23-21-15(4)18(33-16(5)28)13-17(14(2)3)22(21)25(26)34-23/h14,17-19,21-25,30-31H,4,9-13H2,1-3,5-8H3. The van der Waals surface area contributed by atoms with E-state index in [2.05, 4.69) is 20.4 Å². The van der Waals surface area contributed by atoms with E-state index in [0.29, 0.717) is 37.7 Å². The number of rotatable bonds is 6. The van der Waals surface area contributed by atoms with Crippen molar-refractivity contribution in [2.75, 3.05) is 7.11 Å². The van der Waals surface area contributed by atoms with Gasteiger partial charge in [-0.25, -0.2) is 0 Å². The molecule has 2 saturated heterocycles. The Labute approximate surface area is 209 Å². The maximum atomic E-state index is 12.7. The van der Waals surface area contributed by atoms with Crippen molar-refractivity contribution in [2.45, 2.75) is 115 Å². The summed E-state index contributed by atoms with van der Waals surface area (Å²) >= 11 is 0. The fraction of sp³-hybridized carbons (Fsp3) is 0.852. The predicted molar refractivity (Wildman–Crippen MR) is 129 cm³/mol.